The normalized spacial score (nSPS) is 19.7. The average molecular weight is 443 g/mol. The first-order chi connectivity index (χ1) is 14.8. The minimum atomic E-state index is -3.77. The van der Waals surface area contributed by atoms with Crippen LogP contribution in [0.15, 0.2) is 41.3 Å². The molecule has 1 fully saturated rings. The maximum absolute atomic E-state index is 13.5. The van der Waals surface area contributed by atoms with Crippen LogP contribution in [0.1, 0.15) is 54.1 Å². The fourth-order valence-electron chi connectivity index (χ4n) is 4.66. The first kappa shape index (κ1) is 21.8. The van der Waals surface area contributed by atoms with Gasteiger partial charge in [-0.15, -0.1) is 0 Å². The first-order valence-corrected chi connectivity index (χ1v) is 12.4. The van der Waals surface area contributed by atoms with Gasteiger partial charge in [0.25, 0.3) is 5.91 Å². The third-order valence-corrected chi connectivity index (χ3v) is 8.37. The number of ether oxygens (including phenoxy) is 1. The Labute approximate surface area is 184 Å². The number of aryl methyl sites for hydroxylation is 2. The number of carbonyl (C=O) groups is 1. The Morgan fingerprint density at radius 2 is 1.87 bits per heavy atom. The van der Waals surface area contributed by atoms with Crippen molar-refractivity contribution in [3.63, 3.8) is 0 Å². The standard InChI is InChI=1S/C24H30N2O4S/c1-17-9-11-21-19(15-17)8-6-13-25(21)24(27)20-10-12-22(30-3)23(16-20)31(28,29)26-14-5-4-7-18(26)2/h9-12,15-16,18H,4-8,13-14H2,1-3H3/t18-/m1/s1. The second kappa shape index (κ2) is 8.63. The van der Waals surface area contributed by atoms with Gasteiger partial charge in [0.05, 0.1) is 7.11 Å². The van der Waals surface area contributed by atoms with Crippen molar-refractivity contribution in [2.24, 2.45) is 0 Å². The van der Waals surface area contributed by atoms with E-state index in [1.807, 2.05) is 26.0 Å². The van der Waals surface area contributed by atoms with Crippen molar-refractivity contribution >= 4 is 21.6 Å². The van der Waals surface area contributed by atoms with Crippen LogP contribution in [0.5, 0.6) is 5.75 Å². The smallest absolute Gasteiger partial charge is 0.258 e. The number of nitrogens with zero attached hydrogens (tertiary/aromatic N) is 2. The van der Waals surface area contributed by atoms with Crippen LogP contribution in [0.4, 0.5) is 5.69 Å². The molecule has 31 heavy (non-hydrogen) atoms. The molecule has 2 aromatic rings. The number of sulfonamides is 1. The van der Waals surface area contributed by atoms with E-state index in [0.29, 0.717) is 18.7 Å². The molecular weight excluding hydrogens is 412 g/mol. The van der Waals surface area contributed by atoms with Gasteiger partial charge in [0.1, 0.15) is 10.6 Å². The summed E-state index contributed by atoms with van der Waals surface area (Å²) in [4.78, 5) is 15.3. The lowest BCUT2D eigenvalue weighted by Gasteiger charge is -2.33. The van der Waals surface area contributed by atoms with E-state index in [2.05, 4.69) is 6.07 Å². The fourth-order valence-corrected chi connectivity index (χ4v) is 6.54. The average Bonchev–Trinajstić information content (AvgIpc) is 2.77. The van der Waals surface area contributed by atoms with Crippen molar-refractivity contribution in [3.05, 3.63) is 53.1 Å². The number of anilines is 1. The van der Waals surface area contributed by atoms with E-state index in [9.17, 15) is 13.2 Å². The van der Waals surface area contributed by atoms with E-state index < -0.39 is 10.0 Å². The molecule has 0 radical (unpaired) electrons. The molecule has 0 aliphatic carbocycles. The molecule has 2 aliphatic rings. The van der Waals surface area contributed by atoms with E-state index in [-0.39, 0.29) is 22.6 Å². The van der Waals surface area contributed by atoms with E-state index in [0.717, 1.165) is 43.4 Å². The summed E-state index contributed by atoms with van der Waals surface area (Å²) in [6.45, 7) is 5.09. The number of hydrogen-bond donors (Lipinski definition) is 0. The van der Waals surface area contributed by atoms with Gasteiger partial charge in [-0.1, -0.05) is 24.1 Å². The summed E-state index contributed by atoms with van der Waals surface area (Å²) in [7, 11) is -2.31. The van der Waals surface area contributed by atoms with Crippen molar-refractivity contribution in [3.8, 4) is 5.75 Å². The van der Waals surface area contributed by atoms with E-state index >= 15 is 0 Å². The molecule has 0 aromatic heterocycles. The molecule has 1 amide bonds. The Kier molecular flexibility index (Phi) is 6.08. The van der Waals surface area contributed by atoms with Crippen LogP contribution in [-0.2, 0) is 16.4 Å². The summed E-state index contributed by atoms with van der Waals surface area (Å²) in [6, 6.07) is 10.8. The van der Waals surface area contributed by atoms with Crippen molar-refractivity contribution < 1.29 is 17.9 Å². The highest BCUT2D eigenvalue weighted by Crippen LogP contribution is 2.34. The number of rotatable bonds is 4. The molecule has 2 aliphatic heterocycles. The molecule has 166 valence electrons. The largest absolute Gasteiger partial charge is 0.495 e. The summed E-state index contributed by atoms with van der Waals surface area (Å²) in [5.74, 6) is 0.0830. The quantitative estimate of drug-likeness (QED) is 0.713. The Morgan fingerprint density at radius 3 is 2.61 bits per heavy atom. The monoisotopic (exact) mass is 442 g/mol. The van der Waals surface area contributed by atoms with E-state index in [4.69, 9.17) is 4.74 Å². The van der Waals surface area contributed by atoms with E-state index in [1.165, 1.54) is 18.7 Å². The molecule has 2 aromatic carbocycles. The van der Waals surface area contributed by atoms with E-state index in [1.54, 1.807) is 21.3 Å². The van der Waals surface area contributed by atoms with Crippen molar-refractivity contribution in [2.45, 2.75) is 56.9 Å². The molecule has 2 heterocycles. The number of carbonyl (C=O) groups excluding carboxylic acids is 1. The van der Waals surface area contributed by atoms with Gasteiger partial charge in [0, 0.05) is 30.4 Å². The Morgan fingerprint density at radius 1 is 1.06 bits per heavy atom. The van der Waals surface area contributed by atoms with Crippen molar-refractivity contribution in [2.75, 3.05) is 25.1 Å². The minimum Gasteiger partial charge on any atom is -0.495 e. The topological polar surface area (TPSA) is 66.9 Å². The van der Waals surface area contributed by atoms with Crippen LogP contribution in [0.3, 0.4) is 0 Å². The number of benzene rings is 2. The van der Waals surface area contributed by atoms with Crippen LogP contribution in [-0.4, -0.2) is 44.9 Å². The van der Waals surface area contributed by atoms with Crippen molar-refractivity contribution in [1.29, 1.82) is 0 Å². The number of piperidine rings is 1. The van der Waals surface area contributed by atoms with Gasteiger partial charge in [0.2, 0.25) is 10.0 Å². The third kappa shape index (κ3) is 4.08. The number of amides is 1. The minimum absolute atomic E-state index is 0.0655. The van der Waals surface area contributed by atoms with Gasteiger partial charge in [0.15, 0.2) is 0 Å². The molecule has 7 heteroatoms. The van der Waals surface area contributed by atoms with Crippen LogP contribution >= 0.6 is 0 Å². The second-order valence-electron chi connectivity index (χ2n) is 8.52. The Hall–Kier alpha value is -2.38. The summed E-state index contributed by atoms with van der Waals surface area (Å²) in [5.41, 5.74) is 3.59. The third-order valence-electron chi connectivity index (χ3n) is 6.34. The zero-order valence-electron chi connectivity index (χ0n) is 18.4. The zero-order valence-corrected chi connectivity index (χ0v) is 19.2. The van der Waals surface area contributed by atoms with Gasteiger partial charge in [-0.25, -0.2) is 8.42 Å². The van der Waals surface area contributed by atoms with Crippen LogP contribution in [0.2, 0.25) is 0 Å². The predicted octanol–water partition coefficient (Wildman–Crippen LogP) is 4.16. The number of fused-ring (bicyclic) bond motifs is 1. The molecule has 0 spiro atoms. The van der Waals surface area contributed by atoms with Crippen LogP contribution < -0.4 is 9.64 Å². The molecule has 0 N–H and O–H groups in total. The molecule has 6 nitrogen and oxygen atoms in total. The Balaban J connectivity index is 1.72. The second-order valence-corrected chi connectivity index (χ2v) is 10.4. The Bertz CT molecular complexity index is 1100. The molecule has 1 atom stereocenters. The molecular formula is C24H30N2O4S. The summed E-state index contributed by atoms with van der Waals surface area (Å²) < 4.78 is 33.9. The van der Waals surface area contributed by atoms with Crippen LogP contribution in [0, 0.1) is 6.92 Å². The van der Waals surface area contributed by atoms with Gasteiger partial charge in [-0.3, -0.25) is 4.79 Å². The highest BCUT2D eigenvalue weighted by molar-refractivity contribution is 7.89. The number of hydrogen-bond acceptors (Lipinski definition) is 4. The van der Waals surface area contributed by atoms with Gasteiger partial charge < -0.3 is 9.64 Å². The maximum Gasteiger partial charge on any atom is 0.258 e. The maximum atomic E-state index is 13.5. The van der Waals surface area contributed by atoms with Gasteiger partial charge >= 0.3 is 0 Å². The lowest BCUT2D eigenvalue weighted by atomic mass is 9.99. The van der Waals surface area contributed by atoms with Crippen molar-refractivity contribution in [1.82, 2.24) is 4.31 Å². The highest BCUT2D eigenvalue weighted by Gasteiger charge is 2.34. The summed E-state index contributed by atoms with van der Waals surface area (Å²) >= 11 is 0. The predicted molar refractivity (Wildman–Crippen MR) is 121 cm³/mol. The lowest BCUT2D eigenvalue weighted by molar-refractivity contribution is 0.0985. The lowest BCUT2D eigenvalue weighted by Crippen LogP contribution is -2.42. The summed E-state index contributed by atoms with van der Waals surface area (Å²) in [5, 5.41) is 0. The molecule has 4 rings (SSSR count). The molecule has 0 unspecified atom stereocenters. The molecule has 1 saturated heterocycles. The van der Waals surface area contributed by atoms with Crippen LogP contribution in [0.25, 0.3) is 0 Å². The summed E-state index contributed by atoms with van der Waals surface area (Å²) in [6.07, 6.45) is 4.53. The number of methoxy groups -OCH3 is 1. The van der Waals surface area contributed by atoms with Gasteiger partial charge in [-0.05, 0) is 69.4 Å². The van der Waals surface area contributed by atoms with Gasteiger partial charge in [-0.2, -0.15) is 4.31 Å². The first-order valence-electron chi connectivity index (χ1n) is 10.9. The molecule has 0 saturated carbocycles. The molecule has 0 bridgehead atoms. The highest BCUT2D eigenvalue weighted by atomic mass is 32.2. The SMILES string of the molecule is COc1ccc(C(=O)N2CCCc3cc(C)ccc32)cc1S(=O)(=O)N1CCCC[C@H]1C. The zero-order chi connectivity index (χ0) is 22.2. The fraction of sp³-hybridized carbons (Fsp3) is 0.458.